The van der Waals surface area contributed by atoms with Gasteiger partial charge >= 0.3 is 0 Å². The third kappa shape index (κ3) is 3.47. The van der Waals surface area contributed by atoms with Crippen molar-refractivity contribution in [2.45, 2.75) is 26.4 Å². The first-order valence-electron chi connectivity index (χ1n) is 6.77. The van der Waals surface area contributed by atoms with E-state index in [0.29, 0.717) is 6.10 Å². The average Bonchev–Trinajstić information content (AvgIpc) is 2.37. The average molecular weight is 248 g/mol. The highest BCUT2D eigenvalue weighted by Gasteiger charge is 2.14. The van der Waals surface area contributed by atoms with Crippen LogP contribution in [0, 0.1) is 13.8 Å². The molecule has 1 N–H and O–H groups in total. The molecule has 18 heavy (non-hydrogen) atoms. The van der Waals surface area contributed by atoms with Gasteiger partial charge in [0.1, 0.15) is 0 Å². The van der Waals surface area contributed by atoms with Gasteiger partial charge in [0.2, 0.25) is 0 Å². The number of nitrogens with one attached hydrogen (secondary N) is 1. The van der Waals surface area contributed by atoms with E-state index in [0.717, 1.165) is 32.7 Å². The van der Waals surface area contributed by atoms with Crippen molar-refractivity contribution in [3.05, 3.63) is 29.3 Å². The molecule has 3 heteroatoms. The zero-order chi connectivity index (χ0) is 13.0. The largest absolute Gasteiger partial charge is 0.376 e. The van der Waals surface area contributed by atoms with Gasteiger partial charge < -0.3 is 15.0 Å². The molecule has 1 saturated heterocycles. The number of benzene rings is 1. The van der Waals surface area contributed by atoms with E-state index in [4.69, 9.17) is 4.74 Å². The summed E-state index contributed by atoms with van der Waals surface area (Å²) in [6.45, 7) is 8.17. The number of hydrogen-bond acceptors (Lipinski definition) is 3. The molecule has 1 heterocycles. The van der Waals surface area contributed by atoms with Crippen molar-refractivity contribution in [3.8, 4) is 0 Å². The monoisotopic (exact) mass is 248 g/mol. The first-order valence-corrected chi connectivity index (χ1v) is 6.77. The predicted octanol–water partition coefficient (Wildman–Crippen LogP) is 2.12. The smallest absolute Gasteiger partial charge is 0.0716 e. The van der Waals surface area contributed by atoms with Crippen LogP contribution in [0.5, 0.6) is 0 Å². The lowest BCUT2D eigenvalue weighted by Crippen LogP contribution is -2.40. The number of rotatable bonds is 4. The summed E-state index contributed by atoms with van der Waals surface area (Å²) in [5, 5.41) is 3.37. The molecule has 0 saturated carbocycles. The highest BCUT2D eigenvalue weighted by atomic mass is 16.5. The van der Waals surface area contributed by atoms with E-state index in [9.17, 15) is 0 Å². The van der Waals surface area contributed by atoms with Crippen LogP contribution in [0.15, 0.2) is 18.2 Å². The maximum absolute atomic E-state index is 5.72. The highest BCUT2D eigenvalue weighted by Crippen LogP contribution is 2.20. The molecule has 2 rings (SSSR count). The lowest BCUT2D eigenvalue weighted by molar-refractivity contribution is 0.0250. The summed E-state index contributed by atoms with van der Waals surface area (Å²) in [7, 11) is 2.16. The van der Waals surface area contributed by atoms with Gasteiger partial charge in [-0.05, 0) is 31.9 Å². The van der Waals surface area contributed by atoms with Gasteiger partial charge in [0.25, 0.3) is 0 Å². The molecule has 0 amide bonds. The van der Waals surface area contributed by atoms with Gasteiger partial charge in [0.15, 0.2) is 0 Å². The Morgan fingerprint density at radius 3 is 2.89 bits per heavy atom. The Labute approximate surface area is 110 Å². The Morgan fingerprint density at radius 1 is 1.39 bits per heavy atom. The van der Waals surface area contributed by atoms with E-state index in [-0.39, 0.29) is 0 Å². The summed E-state index contributed by atoms with van der Waals surface area (Å²) in [6, 6.07) is 6.63. The molecule has 1 aromatic rings. The topological polar surface area (TPSA) is 24.5 Å². The Bertz CT molecular complexity index is 386. The molecular weight excluding hydrogens is 224 g/mol. The Balaban J connectivity index is 1.88. The van der Waals surface area contributed by atoms with Crippen LogP contribution >= 0.6 is 0 Å². The van der Waals surface area contributed by atoms with E-state index in [2.05, 4.69) is 49.3 Å². The van der Waals surface area contributed by atoms with Crippen LogP contribution in [-0.4, -0.2) is 39.4 Å². The fourth-order valence-electron chi connectivity index (χ4n) is 2.50. The zero-order valence-corrected chi connectivity index (χ0v) is 11.7. The van der Waals surface area contributed by atoms with Crippen molar-refractivity contribution in [1.82, 2.24) is 5.32 Å². The number of aryl methyl sites for hydroxylation is 2. The van der Waals surface area contributed by atoms with E-state index < -0.39 is 0 Å². The molecule has 3 nitrogen and oxygen atoms in total. The summed E-state index contributed by atoms with van der Waals surface area (Å²) in [6.07, 6.45) is 1.45. The number of anilines is 1. The summed E-state index contributed by atoms with van der Waals surface area (Å²) >= 11 is 0. The summed E-state index contributed by atoms with van der Waals surface area (Å²) in [5.74, 6) is 0. The third-order valence-electron chi connectivity index (χ3n) is 3.55. The van der Waals surface area contributed by atoms with E-state index >= 15 is 0 Å². The molecule has 0 spiro atoms. The first-order chi connectivity index (χ1) is 8.66. The Hall–Kier alpha value is -1.06. The van der Waals surface area contributed by atoms with Crippen LogP contribution in [0.2, 0.25) is 0 Å². The fraction of sp³-hybridized carbons (Fsp3) is 0.600. The van der Waals surface area contributed by atoms with Crippen molar-refractivity contribution in [2.75, 3.05) is 38.2 Å². The fourth-order valence-corrected chi connectivity index (χ4v) is 2.50. The van der Waals surface area contributed by atoms with Gasteiger partial charge in [-0.1, -0.05) is 17.7 Å². The molecule has 1 aliphatic rings. The van der Waals surface area contributed by atoms with Gasteiger partial charge in [0.05, 0.1) is 12.7 Å². The lowest BCUT2D eigenvalue weighted by atomic mass is 10.1. The zero-order valence-electron chi connectivity index (χ0n) is 11.7. The Morgan fingerprint density at radius 2 is 2.22 bits per heavy atom. The molecule has 1 aliphatic heterocycles. The van der Waals surface area contributed by atoms with Crippen molar-refractivity contribution >= 4 is 5.69 Å². The molecule has 0 radical (unpaired) electrons. The minimum atomic E-state index is 0.368. The maximum atomic E-state index is 5.72. The molecule has 1 unspecified atom stereocenters. The molecule has 100 valence electrons. The van der Waals surface area contributed by atoms with Gasteiger partial charge in [-0.15, -0.1) is 0 Å². The molecule has 0 aromatic heterocycles. The van der Waals surface area contributed by atoms with Crippen LogP contribution < -0.4 is 10.2 Å². The Kier molecular flexibility index (Phi) is 4.61. The van der Waals surface area contributed by atoms with Crippen LogP contribution in [0.3, 0.4) is 0 Å². The van der Waals surface area contributed by atoms with Gasteiger partial charge in [-0.2, -0.15) is 0 Å². The lowest BCUT2D eigenvalue weighted by Gasteiger charge is -2.27. The SMILES string of the molecule is Cc1ccc(N(C)CCC2CNCCO2)c(C)c1. The summed E-state index contributed by atoms with van der Waals surface area (Å²) in [4.78, 5) is 2.33. The number of ether oxygens (including phenoxy) is 1. The molecule has 0 bridgehead atoms. The van der Waals surface area contributed by atoms with E-state index in [1.54, 1.807) is 0 Å². The minimum absolute atomic E-state index is 0.368. The van der Waals surface area contributed by atoms with Gasteiger partial charge in [-0.3, -0.25) is 0 Å². The highest BCUT2D eigenvalue weighted by molar-refractivity contribution is 5.53. The number of morpholine rings is 1. The van der Waals surface area contributed by atoms with Crippen LogP contribution in [0.25, 0.3) is 0 Å². The second-order valence-electron chi connectivity index (χ2n) is 5.20. The maximum Gasteiger partial charge on any atom is 0.0716 e. The normalized spacial score (nSPS) is 19.8. The van der Waals surface area contributed by atoms with Crippen molar-refractivity contribution in [1.29, 1.82) is 0 Å². The molecule has 1 fully saturated rings. The first kappa shape index (κ1) is 13.4. The second-order valence-corrected chi connectivity index (χ2v) is 5.20. The number of hydrogen-bond donors (Lipinski definition) is 1. The van der Waals surface area contributed by atoms with Crippen LogP contribution in [0.4, 0.5) is 5.69 Å². The van der Waals surface area contributed by atoms with E-state index in [1.807, 2.05) is 0 Å². The second kappa shape index (κ2) is 6.21. The molecule has 1 atom stereocenters. The van der Waals surface area contributed by atoms with Crippen molar-refractivity contribution in [2.24, 2.45) is 0 Å². The number of nitrogens with zero attached hydrogens (tertiary/aromatic N) is 1. The molecular formula is C15H24N2O. The summed E-state index contributed by atoms with van der Waals surface area (Å²) in [5.41, 5.74) is 3.99. The van der Waals surface area contributed by atoms with Crippen molar-refractivity contribution < 1.29 is 4.74 Å². The third-order valence-corrected chi connectivity index (χ3v) is 3.55. The van der Waals surface area contributed by atoms with Gasteiger partial charge in [0, 0.05) is 32.4 Å². The van der Waals surface area contributed by atoms with Crippen molar-refractivity contribution in [3.63, 3.8) is 0 Å². The standard InChI is InChI=1S/C15H24N2O/c1-12-4-5-15(13(2)10-12)17(3)8-6-14-11-16-7-9-18-14/h4-5,10,14,16H,6-9,11H2,1-3H3. The van der Waals surface area contributed by atoms with E-state index in [1.165, 1.54) is 16.8 Å². The minimum Gasteiger partial charge on any atom is -0.376 e. The quantitative estimate of drug-likeness (QED) is 0.883. The van der Waals surface area contributed by atoms with Crippen LogP contribution in [-0.2, 0) is 4.74 Å². The van der Waals surface area contributed by atoms with Crippen LogP contribution in [0.1, 0.15) is 17.5 Å². The summed E-state index contributed by atoms with van der Waals surface area (Å²) < 4.78 is 5.72. The molecule has 1 aromatic carbocycles. The predicted molar refractivity (Wildman–Crippen MR) is 76.4 cm³/mol. The molecule has 0 aliphatic carbocycles. The van der Waals surface area contributed by atoms with Gasteiger partial charge in [-0.25, -0.2) is 0 Å².